The van der Waals surface area contributed by atoms with Crippen LogP contribution in [0.5, 0.6) is 0 Å². The van der Waals surface area contributed by atoms with E-state index in [1.807, 2.05) is 42.2 Å². The van der Waals surface area contributed by atoms with Crippen LogP contribution < -0.4 is 16.4 Å². The maximum absolute atomic E-state index is 13.3. The molecule has 2 aromatic rings. The van der Waals surface area contributed by atoms with Crippen LogP contribution in [0.1, 0.15) is 58.1 Å². The topological polar surface area (TPSA) is 197 Å². The summed E-state index contributed by atoms with van der Waals surface area (Å²) in [6.45, 7) is 6.61. The highest BCUT2D eigenvalue weighted by molar-refractivity contribution is 5.98. The first-order valence-electron chi connectivity index (χ1n) is 14.0. The van der Waals surface area contributed by atoms with Gasteiger partial charge in [-0.05, 0) is 38.7 Å². The number of nitrogens with zero attached hydrogens (tertiary/aromatic N) is 3. The molecule has 3 amide bonds. The number of carbonyl (C=O) groups is 5. The van der Waals surface area contributed by atoms with Crippen molar-refractivity contribution in [3.63, 3.8) is 0 Å². The van der Waals surface area contributed by atoms with Gasteiger partial charge in [-0.15, -0.1) is 0 Å². The van der Waals surface area contributed by atoms with Crippen LogP contribution in [0.3, 0.4) is 0 Å². The van der Waals surface area contributed by atoms with Crippen molar-refractivity contribution in [3.05, 3.63) is 48.4 Å². The minimum Gasteiger partial charge on any atom is -0.475 e. The molecule has 1 unspecified atom stereocenters. The molecule has 262 valence electrons. The number of anilines is 1. The Kier molecular flexibility index (Phi) is 14.8. The maximum atomic E-state index is 13.3. The lowest BCUT2D eigenvalue weighted by molar-refractivity contribution is -0.193. The molecule has 6 N–H and O–H groups in total. The summed E-state index contributed by atoms with van der Waals surface area (Å²) < 4.78 is 65.2. The second-order valence-electron chi connectivity index (χ2n) is 10.7. The quantitative estimate of drug-likeness (QED) is 0.247. The fourth-order valence-electron chi connectivity index (χ4n) is 3.85. The number of benzene rings is 1. The Bertz CT molecular complexity index is 1330. The number of halogens is 6. The van der Waals surface area contributed by atoms with Crippen molar-refractivity contribution in [2.45, 2.75) is 76.4 Å². The van der Waals surface area contributed by atoms with E-state index < -0.39 is 47.8 Å². The first kappa shape index (κ1) is 40.3. The molecule has 1 aliphatic rings. The third-order valence-electron chi connectivity index (χ3n) is 6.19. The summed E-state index contributed by atoms with van der Waals surface area (Å²) in [5.74, 6) is -5.96. The Morgan fingerprint density at radius 2 is 1.43 bits per heavy atom. The summed E-state index contributed by atoms with van der Waals surface area (Å²) in [5, 5.41) is 19.7. The Labute approximate surface area is 265 Å². The largest absolute Gasteiger partial charge is 0.490 e. The lowest BCUT2D eigenvalue weighted by Gasteiger charge is -2.24. The highest BCUT2D eigenvalue weighted by Gasteiger charge is 2.39. The van der Waals surface area contributed by atoms with Crippen LogP contribution in [0.4, 0.5) is 32.2 Å². The predicted octanol–water partition coefficient (Wildman–Crippen LogP) is 3.32. The van der Waals surface area contributed by atoms with E-state index in [1.54, 1.807) is 30.9 Å². The summed E-state index contributed by atoms with van der Waals surface area (Å²) in [4.78, 5) is 62.4. The van der Waals surface area contributed by atoms with E-state index in [0.717, 1.165) is 31.5 Å². The standard InChI is InChI=1S/C24H34N6O3.2C2HF3O2/c1-4-10-18(27-23(33)24(2,3)25)21(31)28-19-15-30(16-26-19)20(17-11-6-5-7-12-17)22(32)29-13-8-9-14-29;2*3-2(4,5)1(6)7/h5-7,11-12,15-16,18,20H,4,8-10,13-14,25H2,1-3H3,(H,27,33)(H,28,31);2*(H,6,7)/t18-,20?;;/m1../s1. The van der Waals surface area contributed by atoms with Crippen LogP contribution >= 0.6 is 0 Å². The van der Waals surface area contributed by atoms with Gasteiger partial charge in [0, 0.05) is 19.3 Å². The van der Waals surface area contributed by atoms with Crippen molar-refractivity contribution in [1.29, 1.82) is 0 Å². The van der Waals surface area contributed by atoms with Gasteiger partial charge in [0.2, 0.25) is 17.7 Å². The summed E-state index contributed by atoms with van der Waals surface area (Å²) in [6, 6.07) is 8.24. The van der Waals surface area contributed by atoms with Crippen LogP contribution in [0.15, 0.2) is 42.9 Å². The van der Waals surface area contributed by atoms with Gasteiger partial charge in [0.05, 0.1) is 11.9 Å². The van der Waals surface area contributed by atoms with Gasteiger partial charge < -0.3 is 36.0 Å². The van der Waals surface area contributed by atoms with Crippen LogP contribution in [0, 0.1) is 0 Å². The Balaban J connectivity index is 0.000000658. The zero-order chi connectivity index (χ0) is 36.2. The molecule has 0 bridgehead atoms. The van der Waals surface area contributed by atoms with E-state index in [0.29, 0.717) is 18.7 Å². The highest BCUT2D eigenvalue weighted by atomic mass is 19.4. The van der Waals surface area contributed by atoms with E-state index in [4.69, 9.17) is 25.5 Å². The molecule has 1 aliphatic heterocycles. The van der Waals surface area contributed by atoms with E-state index in [-0.39, 0.29) is 11.8 Å². The van der Waals surface area contributed by atoms with E-state index >= 15 is 0 Å². The van der Waals surface area contributed by atoms with Gasteiger partial charge in [0.25, 0.3) is 0 Å². The number of hydrogen-bond donors (Lipinski definition) is 5. The number of nitrogens with two attached hydrogens (primary N) is 1. The molecule has 13 nitrogen and oxygen atoms in total. The van der Waals surface area contributed by atoms with Crippen molar-refractivity contribution in [1.82, 2.24) is 19.8 Å². The number of amides is 3. The Morgan fingerprint density at radius 3 is 1.85 bits per heavy atom. The molecule has 2 atom stereocenters. The monoisotopic (exact) mass is 682 g/mol. The molecule has 47 heavy (non-hydrogen) atoms. The molecule has 0 radical (unpaired) electrons. The second kappa shape index (κ2) is 17.3. The normalized spacial score (nSPS) is 14.4. The molecule has 1 aromatic carbocycles. The summed E-state index contributed by atoms with van der Waals surface area (Å²) in [7, 11) is 0. The molecular formula is C28H36F6N6O7. The third kappa shape index (κ3) is 13.7. The van der Waals surface area contributed by atoms with Crippen molar-refractivity contribution in [2.24, 2.45) is 5.73 Å². The minimum atomic E-state index is -5.08. The number of carboxylic acids is 2. The number of rotatable bonds is 9. The molecule has 3 rings (SSSR count). The van der Waals surface area contributed by atoms with Crippen LogP contribution in [0.25, 0.3) is 0 Å². The number of alkyl halides is 6. The average molecular weight is 683 g/mol. The van der Waals surface area contributed by atoms with Crippen LogP contribution in [0.2, 0.25) is 0 Å². The number of aromatic nitrogens is 2. The SMILES string of the molecule is CCC[C@@H](NC(=O)C(C)(C)N)C(=O)Nc1cn(C(C(=O)N2CCCC2)c2ccccc2)cn1.O=C(O)C(F)(F)F.O=C(O)C(F)(F)F. The molecule has 2 heterocycles. The van der Waals surface area contributed by atoms with Gasteiger partial charge in [-0.25, -0.2) is 14.6 Å². The number of carboxylic acid groups (broad SMARTS) is 2. The first-order valence-corrected chi connectivity index (χ1v) is 14.0. The van der Waals surface area contributed by atoms with Gasteiger partial charge in [0.1, 0.15) is 12.1 Å². The van der Waals surface area contributed by atoms with Gasteiger partial charge in [-0.1, -0.05) is 43.7 Å². The van der Waals surface area contributed by atoms with Crippen molar-refractivity contribution in [3.8, 4) is 0 Å². The van der Waals surface area contributed by atoms with Gasteiger partial charge >= 0.3 is 24.3 Å². The molecule has 0 aliphatic carbocycles. The lowest BCUT2D eigenvalue weighted by atomic mass is 10.0. The molecular weight excluding hydrogens is 646 g/mol. The van der Waals surface area contributed by atoms with Gasteiger partial charge in [-0.3, -0.25) is 14.4 Å². The van der Waals surface area contributed by atoms with E-state index in [2.05, 4.69) is 15.6 Å². The van der Waals surface area contributed by atoms with Gasteiger partial charge in [0.15, 0.2) is 5.82 Å². The smallest absolute Gasteiger partial charge is 0.475 e. The zero-order valence-corrected chi connectivity index (χ0v) is 25.6. The van der Waals surface area contributed by atoms with Crippen molar-refractivity contribution in [2.75, 3.05) is 18.4 Å². The average Bonchev–Trinajstić information content (AvgIpc) is 3.66. The van der Waals surface area contributed by atoms with Gasteiger partial charge in [-0.2, -0.15) is 26.3 Å². The number of nitrogens with one attached hydrogen (secondary N) is 2. The maximum Gasteiger partial charge on any atom is 0.490 e. The third-order valence-corrected chi connectivity index (χ3v) is 6.19. The number of likely N-dealkylation sites (tertiary alicyclic amines) is 1. The van der Waals surface area contributed by atoms with Crippen molar-refractivity contribution >= 4 is 35.5 Å². The van der Waals surface area contributed by atoms with Crippen molar-refractivity contribution < 1.29 is 60.5 Å². The first-order chi connectivity index (χ1) is 21.6. The summed E-state index contributed by atoms with van der Waals surface area (Å²) in [5.41, 5.74) is 5.61. The Hall–Kier alpha value is -4.68. The number of hydrogen-bond acceptors (Lipinski definition) is 7. The molecule has 0 spiro atoms. The molecule has 1 aromatic heterocycles. The molecule has 0 saturated carbocycles. The van der Waals surface area contributed by atoms with E-state index in [9.17, 15) is 40.7 Å². The van der Waals surface area contributed by atoms with E-state index in [1.165, 1.54) is 0 Å². The molecule has 1 fully saturated rings. The highest BCUT2D eigenvalue weighted by Crippen LogP contribution is 2.25. The molecule has 1 saturated heterocycles. The lowest BCUT2D eigenvalue weighted by Crippen LogP contribution is -2.54. The fourth-order valence-corrected chi connectivity index (χ4v) is 3.85. The fraction of sp³-hybridized carbons (Fsp3) is 0.500. The summed E-state index contributed by atoms with van der Waals surface area (Å²) >= 11 is 0. The summed E-state index contributed by atoms with van der Waals surface area (Å²) in [6.07, 6.45) is -3.78. The van der Waals surface area contributed by atoms with Crippen LogP contribution in [-0.4, -0.2) is 91.3 Å². The Morgan fingerprint density at radius 1 is 0.936 bits per heavy atom. The predicted molar refractivity (Wildman–Crippen MR) is 154 cm³/mol. The molecule has 19 heteroatoms. The second-order valence-corrected chi connectivity index (χ2v) is 10.7. The minimum absolute atomic E-state index is 0.00952. The van der Waals surface area contributed by atoms with Crippen LogP contribution in [-0.2, 0) is 24.0 Å². The zero-order valence-electron chi connectivity index (χ0n) is 25.6. The number of carbonyl (C=O) groups excluding carboxylic acids is 3. The number of imidazole rings is 1. The number of aliphatic carboxylic acids is 2.